The Morgan fingerprint density at radius 3 is 2.56 bits per heavy atom. The van der Waals surface area contributed by atoms with Crippen LogP contribution in [0.4, 0.5) is 4.79 Å². The maximum atomic E-state index is 11.3. The van der Waals surface area contributed by atoms with Crippen LogP contribution in [0.1, 0.15) is 20.3 Å². The van der Waals surface area contributed by atoms with Crippen LogP contribution in [-0.2, 0) is 0 Å². The molecule has 1 aromatic carbocycles. The molecule has 0 fully saturated rings. The molecule has 4 heteroatoms. The van der Waals surface area contributed by atoms with Crippen molar-refractivity contribution < 1.29 is 9.53 Å². The third kappa shape index (κ3) is 5.36. The maximum Gasteiger partial charge on any atom is 0.412 e. The zero-order valence-corrected chi connectivity index (χ0v) is 9.69. The van der Waals surface area contributed by atoms with Gasteiger partial charge in [-0.3, -0.25) is 0 Å². The monoisotopic (exact) mass is 222 g/mol. The smallest absolute Gasteiger partial charge is 0.410 e. The van der Waals surface area contributed by atoms with Crippen molar-refractivity contribution in [1.29, 1.82) is 0 Å². The number of ether oxygens (including phenoxy) is 1. The highest BCUT2D eigenvalue weighted by Gasteiger charge is 2.11. The first-order valence-corrected chi connectivity index (χ1v) is 5.27. The molecule has 0 spiro atoms. The summed E-state index contributed by atoms with van der Waals surface area (Å²) in [6.45, 7) is 4.34. The summed E-state index contributed by atoms with van der Waals surface area (Å²) in [5.41, 5.74) is 5.50. The molecule has 0 radical (unpaired) electrons. The van der Waals surface area contributed by atoms with Gasteiger partial charge < -0.3 is 15.8 Å². The number of hydrogen-bond acceptors (Lipinski definition) is 3. The van der Waals surface area contributed by atoms with E-state index in [1.54, 1.807) is 12.1 Å². The quantitative estimate of drug-likeness (QED) is 0.817. The fraction of sp³-hybridized carbons (Fsp3) is 0.417. The van der Waals surface area contributed by atoms with Gasteiger partial charge in [0.25, 0.3) is 0 Å². The van der Waals surface area contributed by atoms with E-state index < -0.39 is 6.09 Å². The van der Waals surface area contributed by atoms with Gasteiger partial charge in [-0.25, -0.2) is 4.79 Å². The van der Waals surface area contributed by atoms with Gasteiger partial charge in [-0.05, 0) is 32.4 Å². The first-order valence-electron chi connectivity index (χ1n) is 5.27. The summed E-state index contributed by atoms with van der Waals surface area (Å²) in [5.74, 6) is 0.534. The van der Waals surface area contributed by atoms with Gasteiger partial charge in [-0.15, -0.1) is 0 Å². The molecule has 0 bridgehead atoms. The fourth-order valence-electron chi connectivity index (χ4n) is 1.12. The molecule has 0 saturated heterocycles. The van der Waals surface area contributed by atoms with Crippen molar-refractivity contribution in [1.82, 2.24) is 5.32 Å². The molecule has 0 unspecified atom stereocenters. The van der Waals surface area contributed by atoms with E-state index in [1.165, 1.54) is 0 Å². The molecular formula is C12H18N2O2. The van der Waals surface area contributed by atoms with Gasteiger partial charge in [0.05, 0.1) is 0 Å². The Balaban J connectivity index is 2.27. The minimum atomic E-state index is -0.449. The van der Waals surface area contributed by atoms with Gasteiger partial charge >= 0.3 is 6.09 Å². The summed E-state index contributed by atoms with van der Waals surface area (Å²) in [6, 6.07) is 8.94. The van der Waals surface area contributed by atoms with E-state index in [1.807, 2.05) is 32.0 Å². The normalized spacial score (nSPS) is 10.9. The standard InChI is InChI=1S/C12H18N2O2/c1-12(2,13)8-9-14-11(15)16-10-6-4-3-5-7-10/h3-7H,8-9,13H2,1-2H3,(H,14,15). The molecule has 3 N–H and O–H groups in total. The summed E-state index contributed by atoms with van der Waals surface area (Å²) < 4.78 is 5.04. The summed E-state index contributed by atoms with van der Waals surface area (Å²) >= 11 is 0. The molecule has 0 saturated carbocycles. The van der Waals surface area contributed by atoms with E-state index in [2.05, 4.69) is 5.32 Å². The number of hydrogen-bond donors (Lipinski definition) is 2. The second-order valence-electron chi connectivity index (χ2n) is 4.37. The van der Waals surface area contributed by atoms with Crippen LogP contribution in [-0.4, -0.2) is 18.2 Å². The van der Waals surface area contributed by atoms with Crippen molar-refractivity contribution in [3.8, 4) is 5.75 Å². The summed E-state index contributed by atoms with van der Waals surface area (Å²) in [4.78, 5) is 11.3. The molecule has 0 atom stereocenters. The Morgan fingerprint density at radius 2 is 2.00 bits per heavy atom. The minimum absolute atomic E-state index is 0.278. The Hall–Kier alpha value is -1.55. The number of nitrogens with one attached hydrogen (secondary N) is 1. The predicted molar refractivity (Wildman–Crippen MR) is 63.4 cm³/mol. The van der Waals surface area contributed by atoms with Gasteiger partial charge in [0, 0.05) is 12.1 Å². The molecular weight excluding hydrogens is 204 g/mol. The van der Waals surface area contributed by atoms with Crippen molar-refractivity contribution in [3.05, 3.63) is 30.3 Å². The average molecular weight is 222 g/mol. The second-order valence-corrected chi connectivity index (χ2v) is 4.37. The van der Waals surface area contributed by atoms with Crippen LogP contribution in [0.15, 0.2) is 30.3 Å². The van der Waals surface area contributed by atoms with E-state index in [4.69, 9.17) is 10.5 Å². The van der Waals surface area contributed by atoms with E-state index in [9.17, 15) is 4.79 Å². The zero-order valence-electron chi connectivity index (χ0n) is 9.69. The number of para-hydroxylation sites is 1. The molecule has 1 amide bonds. The largest absolute Gasteiger partial charge is 0.412 e. The van der Waals surface area contributed by atoms with Crippen molar-refractivity contribution in [2.75, 3.05) is 6.54 Å². The van der Waals surface area contributed by atoms with E-state index in [0.29, 0.717) is 18.7 Å². The van der Waals surface area contributed by atoms with Crippen molar-refractivity contribution in [3.63, 3.8) is 0 Å². The zero-order chi connectivity index (χ0) is 12.0. The van der Waals surface area contributed by atoms with Crippen LogP contribution in [0.5, 0.6) is 5.75 Å². The van der Waals surface area contributed by atoms with Crippen molar-refractivity contribution in [2.45, 2.75) is 25.8 Å². The summed E-state index contributed by atoms with van der Waals surface area (Å²) in [7, 11) is 0. The van der Waals surface area contributed by atoms with Crippen molar-refractivity contribution >= 4 is 6.09 Å². The van der Waals surface area contributed by atoms with Crippen LogP contribution < -0.4 is 15.8 Å². The topological polar surface area (TPSA) is 64.3 Å². The summed E-state index contributed by atoms with van der Waals surface area (Å²) in [5, 5.41) is 2.65. The van der Waals surface area contributed by atoms with Gasteiger partial charge in [0.2, 0.25) is 0 Å². The van der Waals surface area contributed by atoms with E-state index in [-0.39, 0.29) is 5.54 Å². The molecule has 0 aliphatic carbocycles. The predicted octanol–water partition coefficient (Wildman–Crippen LogP) is 1.90. The Labute approximate surface area is 95.8 Å². The Bertz CT molecular complexity index is 331. The molecule has 1 aromatic rings. The molecule has 1 rings (SSSR count). The molecule has 0 aliphatic heterocycles. The number of amides is 1. The number of carbonyl (C=O) groups excluding carboxylic acids is 1. The Morgan fingerprint density at radius 1 is 1.38 bits per heavy atom. The third-order valence-electron chi connectivity index (χ3n) is 1.99. The van der Waals surface area contributed by atoms with E-state index in [0.717, 1.165) is 0 Å². The number of rotatable bonds is 4. The van der Waals surface area contributed by atoms with Crippen molar-refractivity contribution in [2.24, 2.45) is 5.73 Å². The fourth-order valence-corrected chi connectivity index (χ4v) is 1.12. The lowest BCUT2D eigenvalue weighted by molar-refractivity contribution is 0.199. The third-order valence-corrected chi connectivity index (χ3v) is 1.99. The SMILES string of the molecule is CC(C)(N)CCNC(=O)Oc1ccccc1. The maximum absolute atomic E-state index is 11.3. The molecule has 88 valence electrons. The highest BCUT2D eigenvalue weighted by Crippen LogP contribution is 2.08. The molecule has 16 heavy (non-hydrogen) atoms. The second kappa shape index (κ2) is 5.51. The first kappa shape index (κ1) is 12.5. The molecule has 0 heterocycles. The number of benzene rings is 1. The average Bonchev–Trinajstić information content (AvgIpc) is 2.17. The lowest BCUT2D eigenvalue weighted by Gasteiger charge is -2.18. The van der Waals surface area contributed by atoms with Crippen LogP contribution in [0.2, 0.25) is 0 Å². The Kier molecular flexibility index (Phi) is 4.31. The molecule has 0 aromatic heterocycles. The first-order chi connectivity index (χ1) is 7.47. The number of nitrogens with two attached hydrogens (primary N) is 1. The summed E-state index contributed by atoms with van der Waals surface area (Å²) in [6.07, 6.45) is 0.257. The lowest BCUT2D eigenvalue weighted by atomic mass is 10.0. The molecule has 0 aliphatic rings. The molecule has 4 nitrogen and oxygen atoms in total. The lowest BCUT2D eigenvalue weighted by Crippen LogP contribution is -2.38. The van der Waals surface area contributed by atoms with Crippen LogP contribution in [0.3, 0.4) is 0 Å². The van der Waals surface area contributed by atoms with Crippen LogP contribution >= 0.6 is 0 Å². The van der Waals surface area contributed by atoms with Crippen LogP contribution in [0, 0.1) is 0 Å². The number of carbonyl (C=O) groups is 1. The van der Waals surface area contributed by atoms with Gasteiger partial charge in [0.1, 0.15) is 5.75 Å². The van der Waals surface area contributed by atoms with Crippen LogP contribution in [0.25, 0.3) is 0 Å². The van der Waals surface area contributed by atoms with Gasteiger partial charge in [-0.1, -0.05) is 18.2 Å². The highest BCUT2D eigenvalue weighted by molar-refractivity contribution is 5.70. The minimum Gasteiger partial charge on any atom is -0.410 e. The van der Waals surface area contributed by atoms with E-state index >= 15 is 0 Å². The highest BCUT2D eigenvalue weighted by atomic mass is 16.5. The van der Waals surface area contributed by atoms with Gasteiger partial charge in [0.15, 0.2) is 0 Å². The van der Waals surface area contributed by atoms with Gasteiger partial charge in [-0.2, -0.15) is 0 Å².